The van der Waals surface area contributed by atoms with E-state index in [0.29, 0.717) is 45.2 Å². The van der Waals surface area contributed by atoms with Crippen molar-refractivity contribution in [3.8, 4) is 0 Å². The van der Waals surface area contributed by atoms with Crippen LogP contribution in [0.2, 0.25) is 0 Å². The molecule has 0 unspecified atom stereocenters. The van der Waals surface area contributed by atoms with Gasteiger partial charge in [-0.05, 0) is 102 Å². The number of aliphatic imine (C=N–C) groups is 1. The van der Waals surface area contributed by atoms with E-state index in [1.807, 2.05) is 19.9 Å². The Morgan fingerprint density at radius 3 is 2.11 bits per heavy atom. The number of carbonyl (C=O) groups excluding carboxylic acids is 8. The van der Waals surface area contributed by atoms with Crippen LogP contribution in [0, 0.1) is 5.92 Å². The molecule has 3 rings (SSSR count). The number of rotatable bonds is 20. The van der Waals surface area contributed by atoms with E-state index in [-0.39, 0.29) is 75.9 Å². The van der Waals surface area contributed by atoms with E-state index in [9.17, 15) is 38.4 Å². The molecule has 8 amide bonds. The van der Waals surface area contributed by atoms with Gasteiger partial charge in [-0.15, -0.1) is 0 Å². The Labute approximate surface area is 375 Å². The van der Waals surface area contributed by atoms with Crippen molar-refractivity contribution in [1.29, 1.82) is 0 Å². The molecule has 15 N–H and O–H groups in total. The van der Waals surface area contributed by atoms with Gasteiger partial charge >= 0.3 is 0 Å². The normalized spacial score (nSPS) is 21.5. The number of benzene rings is 1. The molecule has 21 heteroatoms. The third-order valence-corrected chi connectivity index (χ3v) is 10.8. The van der Waals surface area contributed by atoms with Crippen LogP contribution in [-0.4, -0.2) is 128 Å². The van der Waals surface area contributed by atoms with E-state index >= 15 is 0 Å². The highest BCUT2D eigenvalue weighted by molar-refractivity contribution is 5.97. The van der Waals surface area contributed by atoms with Crippen LogP contribution in [0.5, 0.6) is 0 Å². The predicted octanol–water partition coefficient (Wildman–Crippen LogP) is -2.45. The van der Waals surface area contributed by atoms with Gasteiger partial charge in [0.05, 0.1) is 12.6 Å². The van der Waals surface area contributed by atoms with Crippen LogP contribution >= 0.6 is 0 Å². The first-order valence-electron chi connectivity index (χ1n) is 22.5. The SMILES string of the molecule is CC(C)C[C@@H]1NC(=O)[C@@H](NC(=O)[C@H](CCCN=C(N)N)NC(=O)[C@H](CCCCN)NC(=O)[C@H](C)NC(=O)[C@@H]2CCCN2)CCCCNC(=O)CNC(=O)[C@H](Cc2ccccc2)NC1=O. The van der Waals surface area contributed by atoms with Gasteiger partial charge in [-0.2, -0.15) is 0 Å². The number of unbranched alkanes of at least 4 members (excludes halogenated alkanes) is 1. The van der Waals surface area contributed by atoms with Crippen LogP contribution in [0.3, 0.4) is 0 Å². The molecular formula is C43H71N13O8. The van der Waals surface area contributed by atoms with Gasteiger partial charge in [0.15, 0.2) is 5.96 Å². The van der Waals surface area contributed by atoms with Crippen LogP contribution in [0.4, 0.5) is 0 Å². The van der Waals surface area contributed by atoms with Gasteiger partial charge in [-0.1, -0.05) is 44.2 Å². The van der Waals surface area contributed by atoms with Crippen LogP contribution < -0.4 is 65.1 Å². The summed E-state index contributed by atoms with van der Waals surface area (Å²) in [5.74, 6) is -4.88. The number of guanidine groups is 1. The Kier molecular flexibility index (Phi) is 23.0. The average molecular weight is 898 g/mol. The summed E-state index contributed by atoms with van der Waals surface area (Å²) in [6.07, 6.45) is 4.11. The largest absolute Gasteiger partial charge is 0.370 e. The van der Waals surface area contributed by atoms with Gasteiger partial charge in [0, 0.05) is 19.5 Å². The van der Waals surface area contributed by atoms with Crippen molar-refractivity contribution in [2.75, 3.05) is 32.7 Å². The minimum absolute atomic E-state index is 0.0300. The zero-order chi connectivity index (χ0) is 47.0. The lowest BCUT2D eigenvalue weighted by Gasteiger charge is -2.28. The van der Waals surface area contributed by atoms with Gasteiger partial charge in [-0.25, -0.2) is 0 Å². The summed E-state index contributed by atoms with van der Waals surface area (Å²) in [6.45, 7) is 6.33. The molecule has 2 aliphatic heterocycles. The second-order valence-electron chi connectivity index (χ2n) is 16.8. The summed E-state index contributed by atoms with van der Waals surface area (Å²) >= 11 is 0. The average Bonchev–Trinajstić information content (AvgIpc) is 3.80. The summed E-state index contributed by atoms with van der Waals surface area (Å²) in [5.41, 5.74) is 17.5. The van der Waals surface area contributed by atoms with Gasteiger partial charge in [-0.3, -0.25) is 43.3 Å². The van der Waals surface area contributed by atoms with Crippen molar-refractivity contribution < 1.29 is 38.4 Å². The van der Waals surface area contributed by atoms with Gasteiger partial charge < -0.3 is 65.1 Å². The summed E-state index contributed by atoms with van der Waals surface area (Å²) in [7, 11) is 0. The zero-order valence-corrected chi connectivity index (χ0v) is 37.5. The molecule has 1 aromatic carbocycles. The maximum atomic E-state index is 14.2. The lowest BCUT2D eigenvalue weighted by atomic mass is 10.00. The van der Waals surface area contributed by atoms with Crippen LogP contribution in [0.1, 0.15) is 97.0 Å². The molecule has 2 saturated heterocycles. The van der Waals surface area contributed by atoms with E-state index in [4.69, 9.17) is 17.2 Å². The van der Waals surface area contributed by atoms with Crippen molar-refractivity contribution in [2.45, 2.75) is 140 Å². The van der Waals surface area contributed by atoms with Crippen molar-refractivity contribution in [1.82, 2.24) is 47.9 Å². The minimum Gasteiger partial charge on any atom is -0.370 e. The highest BCUT2D eigenvalue weighted by atomic mass is 16.2. The lowest BCUT2D eigenvalue weighted by molar-refractivity contribution is -0.136. The number of nitrogens with one attached hydrogen (secondary N) is 9. The van der Waals surface area contributed by atoms with Crippen molar-refractivity contribution in [3.63, 3.8) is 0 Å². The number of hydrogen-bond acceptors (Lipinski definition) is 11. The van der Waals surface area contributed by atoms with Gasteiger partial charge in [0.2, 0.25) is 47.3 Å². The fourth-order valence-corrected chi connectivity index (χ4v) is 7.29. The van der Waals surface area contributed by atoms with E-state index in [1.165, 1.54) is 6.92 Å². The third-order valence-electron chi connectivity index (χ3n) is 10.8. The van der Waals surface area contributed by atoms with E-state index in [1.54, 1.807) is 24.3 Å². The van der Waals surface area contributed by atoms with E-state index in [0.717, 1.165) is 12.0 Å². The molecule has 0 bridgehead atoms. The molecule has 0 radical (unpaired) electrons. The molecule has 0 aliphatic carbocycles. The first kappa shape index (κ1) is 52.5. The Balaban J connectivity index is 1.87. The molecule has 1 aromatic rings. The molecule has 356 valence electrons. The Morgan fingerprint density at radius 1 is 0.750 bits per heavy atom. The second-order valence-corrected chi connectivity index (χ2v) is 16.8. The number of hydrogen-bond donors (Lipinski definition) is 12. The third kappa shape index (κ3) is 19.3. The molecule has 2 aliphatic rings. The van der Waals surface area contributed by atoms with Crippen molar-refractivity contribution in [2.24, 2.45) is 28.1 Å². The fraction of sp³-hybridized carbons (Fsp3) is 0.651. The lowest BCUT2D eigenvalue weighted by Crippen LogP contribution is -2.60. The number of nitrogens with two attached hydrogens (primary N) is 3. The molecule has 0 spiro atoms. The smallest absolute Gasteiger partial charge is 0.243 e. The summed E-state index contributed by atoms with van der Waals surface area (Å²) in [5, 5.41) is 24.9. The van der Waals surface area contributed by atoms with E-state index < -0.39 is 83.6 Å². The van der Waals surface area contributed by atoms with Crippen molar-refractivity contribution >= 4 is 53.2 Å². The van der Waals surface area contributed by atoms with Crippen LogP contribution in [-0.2, 0) is 44.8 Å². The Morgan fingerprint density at radius 2 is 1.44 bits per heavy atom. The maximum absolute atomic E-state index is 14.2. The summed E-state index contributed by atoms with van der Waals surface area (Å²) in [4.78, 5) is 112. The molecule has 0 aromatic heterocycles. The quantitative estimate of drug-likeness (QED) is 0.0369. The van der Waals surface area contributed by atoms with Crippen molar-refractivity contribution in [3.05, 3.63) is 35.9 Å². The van der Waals surface area contributed by atoms with Gasteiger partial charge in [0.1, 0.15) is 36.3 Å². The highest BCUT2D eigenvalue weighted by Crippen LogP contribution is 2.12. The molecule has 21 nitrogen and oxygen atoms in total. The van der Waals surface area contributed by atoms with Gasteiger partial charge in [0.25, 0.3) is 0 Å². The van der Waals surface area contributed by atoms with Crippen LogP contribution in [0.25, 0.3) is 0 Å². The second kappa shape index (κ2) is 28.1. The highest BCUT2D eigenvalue weighted by Gasteiger charge is 2.34. The first-order valence-corrected chi connectivity index (χ1v) is 22.5. The first-order chi connectivity index (χ1) is 30.6. The summed E-state index contributed by atoms with van der Waals surface area (Å²) < 4.78 is 0. The van der Waals surface area contributed by atoms with Crippen LogP contribution in [0.15, 0.2) is 35.3 Å². The fourth-order valence-electron chi connectivity index (χ4n) is 7.29. The molecule has 2 fully saturated rings. The predicted molar refractivity (Wildman–Crippen MR) is 241 cm³/mol. The molecule has 2 heterocycles. The molecule has 64 heavy (non-hydrogen) atoms. The molecular weight excluding hydrogens is 827 g/mol. The number of amides is 8. The minimum atomic E-state index is -1.24. The Hall–Kier alpha value is -5.83. The molecule has 7 atom stereocenters. The zero-order valence-electron chi connectivity index (χ0n) is 37.5. The summed E-state index contributed by atoms with van der Waals surface area (Å²) in [6, 6.07) is 1.91. The molecule has 0 saturated carbocycles. The number of nitrogens with zero attached hydrogens (tertiary/aromatic N) is 1. The number of carbonyl (C=O) groups is 8. The monoisotopic (exact) mass is 898 g/mol. The maximum Gasteiger partial charge on any atom is 0.243 e. The standard InChI is InChI=1S/C43H71N13O8/c1-26(2)23-33-42(64)56-34(24-28-13-5-4-6-14-28)37(59)50-25-35(57)48-20-10-8-16-31(41(63)55-33)53-40(62)32(18-12-22-49-43(45)46)54-39(61)30(15-7-9-19-44)52-36(58)27(3)51-38(60)29-17-11-21-47-29/h4-6,13-14,26-27,29-34,47H,7-12,15-25,44H2,1-3H3,(H,48,57)(H,50,59)(H,51,60)(H,52,58)(H,53,62)(H,54,61)(H,55,63)(H,56,64)(H4,45,46,49)/t27-,29-,30-,31-,32-,33-,34-/m0/s1. The Bertz CT molecular complexity index is 1740. The van der Waals surface area contributed by atoms with E-state index in [2.05, 4.69) is 52.8 Å². The topological polar surface area (TPSA) is 335 Å².